The first-order valence-electron chi connectivity index (χ1n) is 8.82. The van der Waals surface area contributed by atoms with Crippen LogP contribution in [0.3, 0.4) is 0 Å². The minimum Gasteiger partial charge on any atom is -0.353 e. The molecule has 24 heavy (non-hydrogen) atoms. The Labute approximate surface area is 141 Å². The van der Waals surface area contributed by atoms with E-state index in [4.69, 9.17) is 0 Å². The summed E-state index contributed by atoms with van der Waals surface area (Å²) >= 11 is 0. The summed E-state index contributed by atoms with van der Waals surface area (Å²) in [5.41, 5.74) is 0.525. The van der Waals surface area contributed by atoms with E-state index in [1.54, 1.807) is 6.07 Å². The number of benzene rings is 1. The van der Waals surface area contributed by atoms with Crippen molar-refractivity contribution in [3.8, 4) is 0 Å². The Bertz CT molecular complexity index is 784. The first-order chi connectivity index (χ1) is 11.5. The Morgan fingerprint density at radius 2 is 2.08 bits per heavy atom. The Balaban J connectivity index is 1.61. The first kappa shape index (κ1) is 16.7. The van der Waals surface area contributed by atoms with Crippen LogP contribution in [0.25, 0.3) is 10.9 Å². The third-order valence-corrected chi connectivity index (χ3v) is 5.30. The maximum Gasteiger partial charge on any atom is 0.258 e. The van der Waals surface area contributed by atoms with E-state index in [2.05, 4.69) is 29.1 Å². The highest BCUT2D eigenvalue weighted by Crippen LogP contribution is 2.29. The molecule has 0 spiro atoms. The van der Waals surface area contributed by atoms with Gasteiger partial charge in [0.2, 0.25) is 5.91 Å². The van der Waals surface area contributed by atoms with E-state index < -0.39 is 0 Å². The number of fused-ring (bicyclic) bond motifs is 1. The van der Waals surface area contributed by atoms with E-state index >= 15 is 0 Å². The number of hydrogen-bond donors (Lipinski definition) is 2. The number of aromatic nitrogens is 2. The number of aromatic amines is 1. The molecule has 3 rings (SSSR count). The standard InChI is InChI=1S/C19H25N3O2/c1-12-6-5-9-15(13(12)2)21-18(23)11-10-17-20-16-8-4-3-7-14(16)19(24)22-17/h3-4,7-8,12-13,15H,5-6,9-11H2,1-2H3,(H,21,23)(H,20,22,24)/t12-,13-,15-/m1/s1. The van der Waals surface area contributed by atoms with E-state index in [-0.39, 0.29) is 17.5 Å². The van der Waals surface area contributed by atoms with Crippen LogP contribution in [-0.2, 0) is 11.2 Å². The monoisotopic (exact) mass is 327 g/mol. The van der Waals surface area contributed by atoms with Crippen LogP contribution in [0, 0.1) is 11.8 Å². The molecule has 0 aliphatic heterocycles. The molecular weight excluding hydrogens is 302 g/mol. The summed E-state index contributed by atoms with van der Waals surface area (Å²) in [6.45, 7) is 4.48. The van der Waals surface area contributed by atoms with Gasteiger partial charge in [0.05, 0.1) is 10.9 Å². The molecule has 0 bridgehead atoms. The number of nitrogens with one attached hydrogen (secondary N) is 2. The molecule has 1 aromatic heterocycles. The summed E-state index contributed by atoms with van der Waals surface area (Å²) in [5, 5.41) is 3.74. The molecule has 2 aromatic rings. The Morgan fingerprint density at radius 3 is 2.92 bits per heavy atom. The van der Waals surface area contributed by atoms with Crippen molar-refractivity contribution in [2.75, 3.05) is 0 Å². The molecule has 2 N–H and O–H groups in total. The second kappa shape index (κ2) is 7.16. The van der Waals surface area contributed by atoms with Crippen LogP contribution >= 0.6 is 0 Å². The maximum atomic E-state index is 12.3. The van der Waals surface area contributed by atoms with Gasteiger partial charge in [0.25, 0.3) is 5.56 Å². The lowest BCUT2D eigenvalue weighted by Gasteiger charge is -2.34. The maximum absolute atomic E-state index is 12.3. The lowest BCUT2D eigenvalue weighted by atomic mass is 9.78. The lowest BCUT2D eigenvalue weighted by molar-refractivity contribution is -0.122. The van der Waals surface area contributed by atoms with Gasteiger partial charge in [0, 0.05) is 18.9 Å². The molecule has 1 saturated carbocycles. The zero-order chi connectivity index (χ0) is 17.1. The zero-order valence-corrected chi connectivity index (χ0v) is 14.3. The van der Waals surface area contributed by atoms with Crippen LogP contribution in [-0.4, -0.2) is 21.9 Å². The van der Waals surface area contributed by atoms with Gasteiger partial charge < -0.3 is 10.3 Å². The van der Waals surface area contributed by atoms with Crippen LogP contribution in [0.15, 0.2) is 29.1 Å². The Hall–Kier alpha value is -2.17. The fourth-order valence-electron chi connectivity index (χ4n) is 3.55. The smallest absolute Gasteiger partial charge is 0.258 e. The number of rotatable bonds is 4. The highest BCUT2D eigenvalue weighted by molar-refractivity contribution is 5.78. The number of carbonyl (C=O) groups excluding carboxylic acids is 1. The molecule has 1 amide bonds. The van der Waals surface area contributed by atoms with Gasteiger partial charge in [-0.3, -0.25) is 9.59 Å². The molecule has 1 aromatic carbocycles. The molecule has 1 heterocycles. The average Bonchev–Trinajstić information content (AvgIpc) is 2.57. The van der Waals surface area contributed by atoms with Crippen molar-refractivity contribution < 1.29 is 4.79 Å². The molecule has 1 fully saturated rings. The molecule has 1 aliphatic rings. The van der Waals surface area contributed by atoms with E-state index in [0.29, 0.717) is 41.4 Å². The molecule has 128 valence electrons. The SMILES string of the molecule is C[C@@H]1[C@H](C)CCC[C@H]1NC(=O)CCc1nc2ccccc2c(=O)[nH]1. The normalized spacial score (nSPS) is 24.0. The van der Waals surface area contributed by atoms with Crippen LogP contribution in [0.4, 0.5) is 0 Å². The number of hydrogen-bond acceptors (Lipinski definition) is 3. The molecule has 5 heteroatoms. The minimum absolute atomic E-state index is 0.0387. The van der Waals surface area contributed by atoms with Crippen molar-refractivity contribution in [3.63, 3.8) is 0 Å². The number of para-hydroxylation sites is 1. The third kappa shape index (κ3) is 3.66. The van der Waals surface area contributed by atoms with Gasteiger partial charge in [0.1, 0.15) is 5.82 Å². The topological polar surface area (TPSA) is 74.8 Å². The first-order valence-corrected chi connectivity index (χ1v) is 8.82. The van der Waals surface area contributed by atoms with Gasteiger partial charge in [-0.2, -0.15) is 0 Å². The summed E-state index contributed by atoms with van der Waals surface area (Å²) in [7, 11) is 0. The number of nitrogens with zero attached hydrogens (tertiary/aromatic N) is 1. The van der Waals surface area contributed by atoms with Crippen molar-refractivity contribution in [2.24, 2.45) is 11.8 Å². The molecule has 0 unspecified atom stereocenters. The second-order valence-corrected chi connectivity index (χ2v) is 6.97. The number of H-pyrrole nitrogens is 1. The Kier molecular flexibility index (Phi) is 4.97. The fraction of sp³-hybridized carbons (Fsp3) is 0.526. The van der Waals surface area contributed by atoms with E-state index in [1.807, 2.05) is 18.2 Å². The van der Waals surface area contributed by atoms with Crippen LogP contribution < -0.4 is 10.9 Å². The summed E-state index contributed by atoms with van der Waals surface area (Å²) in [4.78, 5) is 31.5. The molecule has 3 atom stereocenters. The number of aryl methyl sites for hydroxylation is 1. The quantitative estimate of drug-likeness (QED) is 0.907. The van der Waals surface area contributed by atoms with Gasteiger partial charge in [0.15, 0.2) is 0 Å². The van der Waals surface area contributed by atoms with E-state index in [9.17, 15) is 9.59 Å². The summed E-state index contributed by atoms with van der Waals surface area (Å²) < 4.78 is 0. The van der Waals surface area contributed by atoms with Crippen LogP contribution in [0.1, 0.15) is 45.4 Å². The number of carbonyl (C=O) groups is 1. The van der Waals surface area contributed by atoms with Crippen LogP contribution in [0.5, 0.6) is 0 Å². The van der Waals surface area contributed by atoms with E-state index in [1.165, 1.54) is 12.8 Å². The van der Waals surface area contributed by atoms with Gasteiger partial charge in [-0.1, -0.05) is 38.8 Å². The van der Waals surface area contributed by atoms with E-state index in [0.717, 1.165) is 6.42 Å². The van der Waals surface area contributed by atoms with Crippen molar-refractivity contribution in [1.82, 2.24) is 15.3 Å². The van der Waals surface area contributed by atoms with Crippen molar-refractivity contribution in [1.29, 1.82) is 0 Å². The Morgan fingerprint density at radius 1 is 1.29 bits per heavy atom. The highest BCUT2D eigenvalue weighted by atomic mass is 16.1. The van der Waals surface area contributed by atoms with Gasteiger partial charge in [-0.25, -0.2) is 4.98 Å². The molecule has 0 radical (unpaired) electrons. The van der Waals surface area contributed by atoms with Crippen LogP contribution in [0.2, 0.25) is 0 Å². The zero-order valence-electron chi connectivity index (χ0n) is 14.3. The lowest BCUT2D eigenvalue weighted by Crippen LogP contribution is -2.43. The van der Waals surface area contributed by atoms with Crippen molar-refractivity contribution in [3.05, 3.63) is 40.4 Å². The average molecular weight is 327 g/mol. The molecular formula is C19H25N3O2. The predicted octanol–water partition coefficient (Wildman–Crippen LogP) is 2.80. The van der Waals surface area contributed by atoms with Crippen molar-refractivity contribution >= 4 is 16.8 Å². The van der Waals surface area contributed by atoms with Gasteiger partial charge in [-0.15, -0.1) is 0 Å². The summed E-state index contributed by atoms with van der Waals surface area (Å²) in [6.07, 6.45) is 4.27. The highest BCUT2D eigenvalue weighted by Gasteiger charge is 2.27. The largest absolute Gasteiger partial charge is 0.353 e. The molecule has 1 aliphatic carbocycles. The van der Waals surface area contributed by atoms with Gasteiger partial charge in [-0.05, 0) is 30.4 Å². The summed E-state index contributed by atoms with van der Waals surface area (Å²) in [6, 6.07) is 7.52. The van der Waals surface area contributed by atoms with Gasteiger partial charge >= 0.3 is 0 Å². The second-order valence-electron chi connectivity index (χ2n) is 6.97. The predicted molar refractivity (Wildman–Crippen MR) is 94.8 cm³/mol. The fourth-order valence-corrected chi connectivity index (χ4v) is 3.55. The third-order valence-electron chi connectivity index (χ3n) is 5.30. The molecule has 5 nitrogen and oxygen atoms in total. The minimum atomic E-state index is -0.147. The molecule has 0 saturated heterocycles. The summed E-state index contributed by atoms with van der Waals surface area (Å²) in [5.74, 6) is 1.78. The van der Waals surface area contributed by atoms with Crippen molar-refractivity contribution in [2.45, 2.75) is 52.0 Å². The number of amides is 1.